The number of ketones is 2. The van der Waals surface area contributed by atoms with Gasteiger partial charge in [-0.15, -0.1) is 0 Å². The highest BCUT2D eigenvalue weighted by Crippen LogP contribution is 2.53. The van der Waals surface area contributed by atoms with Crippen molar-refractivity contribution in [1.29, 1.82) is 0 Å². The molecule has 0 heterocycles. The summed E-state index contributed by atoms with van der Waals surface area (Å²) in [6, 6.07) is 1.83. The lowest BCUT2D eigenvalue weighted by Gasteiger charge is -2.46. The van der Waals surface area contributed by atoms with Crippen LogP contribution in [0.5, 0.6) is 5.75 Å². The number of carbonyl (C=O) groups is 2. The molecule has 236 valence electrons. The van der Waals surface area contributed by atoms with Gasteiger partial charge in [0.15, 0.2) is 11.4 Å². The number of carbonyl (C=O) groups excluding carboxylic acids is 2. The first-order valence-corrected chi connectivity index (χ1v) is 15.4. The molecule has 6 rings (SSSR count). The quantitative estimate of drug-likeness (QED) is 0.299. The van der Waals surface area contributed by atoms with E-state index in [2.05, 4.69) is 11.8 Å². The van der Waals surface area contributed by atoms with E-state index in [-0.39, 0.29) is 59.0 Å². The van der Waals surface area contributed by atoms with Crippen LogP contribution in [0.1, 0.15) is 78.9 Å². The van der Waals surface area contributed by atoms with Crippen molar-refractivity contribution in [1.82, 2.24) is 0 Å². The van der Waals surface area contributed by atoms with Gasteiger partial charge in [0.2, 0.25) is 5.78 Å². The smallest absolute Gasteiger partial charge is 0.204 e. The molecule has 1 aromatic rings. The summed E-state index contributed by atoms with van der Waals surface area (Å²) in [4.78, 5) is 27.8. The summed E-state index contributed by atoms with van der Waals surface area (Å²) in [7, 11) is 3.26. The van der Waals surface area contributed by atoms with Gasteiger partial charge in [-0.2, -0.15) is 0 Å². The van der Waals surface area contributed by atoms with E-state index >= 15 is 0 Å². The number of phenolic OH excluding ortho intramolecular Hbond substituents is 1. The van der Waals surface area contributed by atoms with Gasteiger partial charge in [0, 0.05) is 36.7 Å². The number of methoxy groups -OCH3 is 2. The maximum Gasteiger partial charge on any atom is 0.204 e. The molecule has 0 bridgehead atoms. The molecule has 0 radical (unpaired) electrons. The van der Waals surface area contributed by atoms with Gasteiger partial charge in [0.25, 0.3) is 0 Å². The van der Waals surface area contributed by atoms with E-state index in [0.29, 0.717) is 24.8 Å². The third-order valence-electron chi connectivity index (χ3n) is 10.0. The van der Waals surface area contributed by atoms with Gasteiger partial charge in [0.05, 0.1) is 48.5 Å². The van der Waals surface area contributed by atoms with Gasteiger partial charge in [0.1, 0.15) is 17.3 Å². The normalized spacial score (nSPS) is 28.5. The van der Waals surface area contributed by atoms with Gasteiger partial charge in [-0.25, -0.2) is 0 Å². The van der Waals surface area contributed by atoms with Crippen molar-refractivity contribution >= 4 is 17.1 Å². The molecular formula is C36H38O9. The minimum Gasteiger partial charge on any atom is -0.512 e. The lowest BCUT2D eigenvalue weighted by Crippen LogP contribution is -2.57. The zero-order valence-electron chi connectivity index (χ0n) is 25.6. The minimum atomic E-state index is -2.48. The SMILES string of the molecule is COC1=CC=C(c2cc(C#CC3CC=C(OC)CC3)c(O)c3c2C[C@H]2C[C@H]4CC(O)=C(C(C)O)C(=O)[C@@]4(O)C(O)=C2C3=O)CC1. The van der Waals surface area contributed by atoms with Crippen molar-refractivity contribution in [3.63, 3.8) is 0 Å². The van der Waals surface area contributed by atoms with Gasteiger partial charge in [-0.1, -0.05) is 17.9 Å². The van der Waals surface area contributed by atoms with Crippen molar-refractivity contribution < 1.29 is 44.6 Å². The van der Waals surface area contributed by atoms with Crippen LogP contribution in [0, 0.1) is 29.6 Å². The molecule has 5 atom stereocenters. The number of allylic oxidation sites excluding steroid dienone is 8. The van der Waals surface area contributed by atoms with Gasteiger partial charge in [-0.05, 0) is 79.9 Å². The van der Waals surface area contributed by atoms with Crippen LogP contribution >= 0.6 is 0 Å². The first-order chi connectivity index (χ1) is 21.5. The third-order valence-corrected chi connectivity index (χ3v) is 10.0. The number of ether oxygens (including phenoxy) is 2. The van der Waals surface area contributed by atoms with E-state index in [1.807, 2.05) is 24.3 Å². The number of rotatable bonds is 4. The Morgan fingerprint density at radius 3 is 2.40 bits per heavy atom. The Labute approximate surface area is 261 Å². The maximum absolute atomic E-state index is 14.3. The predicted octanol–water partition coefficient (Wildman–Crippen LogP) is 4.87. The summed E-state index contributed by atoms with van der Waals surface area (Å²) >= 11 is 0. The average Bonchev–Trinajstić information content (AvgIpc) is 3.02. The Morgan fingerprint density at radius 1 is 1.02 bits per heavy atom. The third kappa shape index (κ3) is 4.97. The van der Waals surface area contributed by atoms with E-state index in [4.69, 9.17) is 9.47 Å². The molecule has 5 aliphatic rings. The number of aliphatic hydroxyl groups excluding tert-OH is 3. The number of aromatic hydroxyl groups is 1. The van der Waals surface area contributed by atoms with Crippen molar-refractivity contribution in [3.05, 3.63) is 80.7 Å². The Balaban J connectivity index is 1.49. The number of phenols is 1. The molecule has 9 heteroatoms. The zero-order valence-corrected chi connectivity index (χ0v) is 25.6. The van der Waals surface area contributed by atoms with Crippen molar-refractivity contribution in [3.8, 4) is 17.6 Å². The number of benzene rings is 1. The zero-order chi connectivity index (χ0) is 32.2. The second-order valence-electron chi connectivity index (χ2n) is 12.6. The topological polar surface area (TPSA) is 154 Å². The first kappa shape index (κ1) is 30.8. The van der Waals surface area contributed by atoms with E-state index in [9.17, 15) is 35.1 Å². The first-order valence-electron chi connectivity index (χ1n) is 15.4. The molecule has 0 aliphatic heterocycles. The molecule has 45 heavy (non-hydrogen) atoms. The Bertz CT molecular complexity index is 1710. The second-order valence-corrected chi connectivity index (χ2v) is 12.6. The molecule has 0 fully saturated rings. The van der Waals surface area contributed by atoms with Crippen molar-refractivity contribution in [2.75, 3.05) is 14.2 Å². The second kappa shape index (κ2) is 11.6. The molecule has 0 saturated carbocycles. The molecule has 9 nitrogen and oxygen atoms in total. The van der Waals surface area contributed by atoms with Crippen LogP contribution in [0.2, 0.25) is 0 Å². The lowest BCUT2D eigenvalue weighted by atomic mass is 9.59. The van der Waals surface area contributed by atoms with Crippen LogP contribution in [-0.2, 0) is 20.7 Å². The van der Waals surface area contributed by atoms with E-state index in [1.54, 1.807) is 14.2 Å². The fourth-order valence-corrected chi connectivity index (χ4v) is 7.59. The fourth-order valence-electron chi connectivity index (χ4n) is 7.59. The summed E-state index contributed by atoms with van der Waals surface area (Å²) in [6.45, 7) is 1.29. The highest BCUT2D eigenvalue weighted by molar-refractivity contribution is 6.16. The van der Waals surface area contributed by atoms with Gasteiger partial charge < -0.3 is 35.0 Å². The molecule has 5 N–H and O–H groups in total. The average molecular weight is 615 g/mol. The molecule has 0 aromatic heterocycles. The van der Waals surface area contributed by atoms with E-state index in [1.165, 1.54) is 6.92 Å². The van der Waals surface area contributed by atoms with Crippen LogP contribution in [0.25, 0.3) is 5.57 Å². The van der Waals surface area contributed by atoms with Gasteiger partial charge in [-0.3, -0.25) is 9.59 Å². The Kier molecular flexibility index (Phi) is 7.92. The van der Waals surface area contributed by atoms with Crippen LogP contribution in [0.15, 0.2) is 58.5 Å². The number of hydrogen-bond acceptors (Lipinski definition) is 9. The lowest BCUT2D eigenvalue weighted by molar-refractivity contribution is -0.144. The van der Waals surface area contributed by atoms with Crippen molar-refractivity contribution in [2.24, 2.45) is 17.8 Å². The molecule has 0 saturated heterocycles. The fraction of sp³-hybridized carbons (Fsp3) is 0.444. The molecule has 0 amide bonds. The summed E-state index contributed by atoms with van der Waals surface area (Å²) in [5.41, 5.74) is -0.359. The molecule has 1 aromatic carbocycles. The summed E-state index contributed by atoms with van der Waals surface area (Å²) in [6.07, 6.45) is 8.28. The number of aliphatic hydroxyl groups is 4. The monoisotopic (exact) mass is 614 g/mol. The van der Waals surface area contributed by atoms with Gasteiger partial charge >= 0.3 is 0 Å². The Morgan fingerprint density at radius 2 is 1.78 bits per heavy atom. The summed E-state index contributed by atoms with van der Waals surface area (Å²) < 4.78 is 10.8. The number of hydrogen-bond donors (Lipinski definition) is 5. The Hall–Kier alpha value is -4.26. The number of Topliss-reactive ketones (excluding diaryl/α,β-unsaturated/α-hetero) is 2. The molecule has 0 spiro atoms. The largest absolute Gasteiger partial charge is 0.512 e. The highest BCUT2D eigenvalue weighted by Gasteiger charge is 2.59. The number of fused-ring (bicyclic) bond motifs is 3. The standard InChI is InChI=1S/C36H38O9/c1-18(37)29-28(38)17-23-14-22-16-27-26(20-8-12-25(45-3)13-9-20)15-21(7-4-19-5-10-24(44-2)11-6-19)32(39)31(27)33(40)30(22)35(42)36(23,43)34(29)41/h8,10,12,15,18-19,22-23,37-39,42-43H,5-6,9,11,13-14,16-17H2,1-3H3/t18?,19?,22-,23+,36-/m1/s1. The molecule has 5 aliphatic carbocycles. The van der Waals surface area contributed by atoms with Crippen molar-refractivity contribution in [2.45, 2.75) is 70.0 Å². The highest BCUT2D eigenvalue weighted by atomic mass is 16.5. The maximum atomic E-state index is 14.3. The van der Waals surface area contributed by atoms with Crippen LogP contribution < -0.4 is 0 Å². The van der Waals surface area contributed by atoms with E-state index < -0.39 is 40.9 Å². The van der Waals surface area contributed by atoms with Crippen LogP contribution in [0.3, 0.4) is 0 Å². The van der Waals surface area contributed by atoms with Crippen LogP contribution in [0.4, 0.5) is 0 Å². The predicted molar refractivity (Wildman–Crippen MR) is 165 cm³/mol. The molecular weight excluding hydrogens is 576 g/mol. The summed E-state index contributed by atoms with van der Waals surface area (Å²) in [5, 5.41) is 55.5. The summed E-state index contributed by atoms with van der Waals surface area (Å²) in [5.74, 6) is 3.59. The minimum absolute atomic E-state index is 0.00155. The molecule has 2 unspecified atom stereocenters. The van der Waals surface area contributed by atoms with E-state index in [0.717, 1.165) is 35.5 Å². The van der Waals surface area contributed by atoms with Crippen LogP contribution in [-0.4, -0.2) is 63.0 Å².